The number of carbonyl (C=O) groups is 6. The lowest BCUT2D eigenvalue weighted by Crippen LogP contribution is -2.35. The van der Waals surface area contributed by atoms with Crippen molar-refractivity contribution in [3.8, 4) is 0 Å². The highest BCUT2D eigenvalue weighted by Gasteiger charge is 2.32. The first-order chi connectivity index (χ1) is 14.4. The van der Waals surface area contributed by atoms with Crippen LogP contribution in [0.5, 0.6) is 0 Å². The van der Waals surface area contributed by atoms with Crippen LogP contribution in [0.25, 0.3) is 0 Å². The van der Waals surface area contributed by atoms with E-state index in [1.165, 1.54) is 14.7 Å². The van der Waals surface area contributed by atoms with Gasteiger partial charge in [-0.05, 0) is 31.6 Å². The van der Waals surface area contributed by atoms with Gasteiger partial charge in [0.15, 0.2) is 0 Å². The Morgan fingerprint density at radius 3 is 1.33 bits per heavy atom. The third-order valence-corrected chi connectivity index (χ3v) is 6.14. The molecular weight excluding hydrogens is 390 g/mol. The second kappa shape index (κ2) is 9.95. The first-order valence-electron chi connectivity index (χ1n) is 10.9. The van der Waals surface area contributed by atoms with Crippen molar-refractivity contribution in [1.29, 1.82) is 0 Å². The second-order valence-electron chi connectivity index (χ2n) is 8.28. The number of nitrogens with zero attached hydrogens (tertiary/aromatic N) is 3. The van der Waals surface area contributed by atoms with Crippen molar-refractivity contribution >= 4 is 35.4 Å². The van der Waals surface area contributed by atoms with Gasteiger partial charge in [-0.3, -0.25) is 43.5 Å². The van der Waals surface area contributed by atoms with E-state index in [4.69, 9.17) is 0 Å². The van der Waals surface area contributed by atoms with Crippen LogP contribution < -0.4 is 0 Å². The van der Waals surface area contributed by atoms with Crippen molar-refractivity contribution in [1.82, 2.24) is 14.7 Å². The molecule has 6 amide bonds. The lowest BCUT2D eigenvalue weighted by molar-refractivity contribution is -0.140. The molecule has 0 aromatic heterocycles. The smallest absolute Gasteiger partial charge is 0.229 e. The maximum Gasteiger partial charge on any atom is 0.229 e. The van der Waals surface area contributed by atoms with Crippen LogP contribution in [0.3, 0.4) is 0 Å². The predicted molar refractivity (Wildman–Crippen MR) is 104 cm³/mol. The minimum atomic E-state index is -0.150. The molecule has 0 spiro atoms. The van der Waals surface area contributed by atoms with Crippen molar-refractivity contribution < 1.29 is 28.8 Å². The van der Waals surface area contributed by atoms with Crippen LogP contribution >= 0.6 is 0 Å². The SMILES string of the molecule is O=C1CCC(=O)N1CCCCC(CCCN1C(=O)CCC1=O)CN1C(=O)CCC1=O. The zero-order chi connectivity index (χ0) is 21.7. The molecule has 0 N–H and O–H groups in total. The van der Waals surface area contributed by atoms with Gasteiger partial charge in [0, 0.05) is 58.2 Å². The van der Waals surface area contributed by atoms with Crippen molar-refractivity contribution in [3.63, 3.8) is 0 Å². The Labute approximate surface area is 175 Å². The van der Waals surface area contributed by atoms with Gasteiger partial charge in [0.1, 0.15) is 0 Å². The topological polar surface area (TPSA) is 112 Å². The maximum atomic E-state index is 12.0. The summed E-state index contributed by atoms with van der Waals surface area (Å²) in [5.41, 5.74) is 0. The van der Waals surface area contributed by atoms with Crippen LogP contribution in [0.2, 0.25) is 0 Å². The Balaban J connectivity index is 1.48. The third-order valence-electron chi connectivity index (χ3n) is 6.14. The van der Waals surface area contributed by atoms with E-state index in [2.05, 4.69) is 0 Å². The summed E-state index contributed by atoms with van der Waals surface area (Å²) in [5, 5.41) is 0. The Hall–Kier alpha value is -2.58. The molecule has 30 heavy (non-hydrogen) atoms. The molecule has 3 heterocycles. The summed E-state index contributed by atoms with van der Waals surface area (Å²) in [5.74, 6) is -0.752. The van der Waals surface area contributed by atoms with E-state index in [1.807, 2.05) is 0 Å². The average Bonchev–Trinajstić information content (AvgIpc) is 3.32. The van der Waals surface area contributed by atoms with E-state index >= 15 is 0 Å². The Bertz CT molecular complexity index is 701. The van der Waals surface area contributed by atoms with Gasteiger partial charge in [-0.1, -0.05) is 6.42 Å². The van der Waals surface area contributed by atoms with Gasteiger partial charge in [0.05, 0.1) is 0 Å². The van der Waals surface area contributed by atoms with Crippen molar-refractivity contribution in [2.24, 2.45) is 5.92 Å². The fourth-order valence-corrected chi connectivity index (χ4v) is 4.40. The van der Waals surface area contributed by atoms with Crippen LogP contribution in [0.15, 0.2) is 0 Å². The molecule has 3 saturated heterocycles. The molecule has 0 bridgehead atoms. The van der Waals surface area contributed by atoms with E-state index in [0.29, 0.717) is 38.9 Å². The van der Waals surface area contributed by atoms with Gasteiger partial charge in [-0.25, -0.2) is 0 Å². The molecule has 0 aliphatic carbocycles. The second-order valence-corrected chi connectivity index (χ2v) is 8.28. The van der Waals surface area contributed by atoms with Gasteiger partial charge >= 0.3 is 0 Å². The highest BCUT2D eigenvalue weighted by Crippen LogP contribution is 2.23. The number of amides is 6. The first-order valence-corrected chi connectivity index (χ1v) is 10.9. The summed E-state index contributed by atoms with van der Waals surface area (Å²) in [6, 6.07) is 0. The lowest BCUT2D eigenvalue weighted by atomic mass is 9.95. The van der Waals surface area contributed by atoms with E-state index < -0.39 is 0 Å². The molecule has 3 rings (SSSR count). The van der Waals surface area contributed by atoms with Gasteiger partial charge in [0.25, 0.3) is 0 Å². The maximum absolute atomic E-state index is 12.0. The van der Waals surface area contributed by atoms with E-state index in [9.17, 15) is 28.8 Å². The van der Waals surface area contributed by atoms with Gasteiger partial charge in [-0.15, -0.1) is 0 Å². The molecular formula is C21H29N3O6. The quantitative estimate of drug-likeness (QED) is 0.365. The zero-order valence-electron chi connectivity index (χ0n) is 17.3. The fraction of sp³-hybridized carbons (Fsp3) is 0.714. The summed E-state index contributed by atoms with van der Waals surface area (Å²) in [6.07, 6.45) is 5.12. The summed E-state index contributed by atoms with van der Waals surface area (Å²) < 4.78 is 0. The number of imide groups is 3. The molecule has 9 nitrogen and oxygen atoms in total. The monoisotopic (exact) mass is 419 g/mol. The molecule has 9 heteroatoms. The standard InChI is InChI=1S/C21H29N3O6/c25-16-6-7-17(26)22(16)12-2-1-4-15(14-24-20(29)10-11-21(24)30)5-3-13-23-18(27)8-9-19(23)28/h15H,1-14H2. The van der Waals surface area contributed by atoms with Gasteiger partial charge in [0.2, 0.25) is 35.4 Å². The van der Waals surface area contributed by atoms with Crippen molar-refractivity contribution in [2.75, 3.05) is 19.6 Å². The Morgan fingerprint density at radius 2 is 0.867 bits per heavy atom. The molecule has 1 atom stereocenters. The van der Waals surface area contributed by atoms with Crippen LogP contribution in [0.1, 0.15) is 70.6 Å². The van der Waals surface area contributed by atoms with Crippen molar-refractivity contribution in [2.45, 2.75) is 70.6 Å². The highest BCUT2D eigenvalue weighted by molar-refractivity contribution is 6.03. The molecule has 0 radical (unpaired) electrons. The highest BCUT2D eigenvalue weighted by atomic mass is 16.2. The minimum Gasteiger partial charge on any atom is -0.283 e. The fourth-order valence-electron chi connectivity index (χ4n) is 4.40. The van der Waals surface area contributed by atoms with Crippen molar-refractivity contribution in [3.05, 3.63) is 0 Å². The third kappa shape index (κ3) is 5.31. The molecule has 164 valence electrons. The number of rotatable bonds is 11. The summed E-state index contributed by atoms with van der Waals surface area (Å²) in [4.78, 5) is 74.8. The Morgan fingerprint density at radius 1 is 0.500 bits per heavy atom. The minimum absolute atomic E-state index is 0.0637. The van der Waals surface area contributed by atoms with Crippen LogP contribution in [0.4, 0.5) is 0 Å². The van der Waals surface area contributed by atoms with E-state index in [-0.39, 0.29) is 79.9 Å². The number of likely N-dealkylation sites (tertiary alicyclic amines) is 3. The van der Waals surface area contributed by atoms with Gasteiger partial charge in [-0.2, -0.15) is 0 Å². The molecule has 3 aliphatic heterocycles. The molecule has 0 aromatic rings. The summed E-state index contributed by atoms with van der Waals surface area (Å²) in [6.45, 7) is 1.12. The summed E-state index contributed by atoms with van der Waals surface area (Å²) >= 11 is 0. The van der Waals surface area contributed by atoms with E-state index in [1.54, 1.807) is 0 Å². The number of carbonyl (C=O) groups excluding carboxylic acids is 6. The Kier molecular flexibility index (Phi) is 7.33. The van der Waals surface area contributed by atoms with E-state index in [0.717, 1.165) is 12.8 Å². The molecule has 0 saturated carbocycles. The molecule has 3 fully saturated rings. The number of unbranched alkanes of at least 4 members (excludes halogenated alkanes) is 1. The summed E-state index contributed by atoms with van der Waals surface area (Å²) in [7, 11) is 0. The van der Waals surface area contributed by atoms with Crippen LogP contribution in [-0.4, -0.2) is 69.8 Å². The largest absolute Gasteiger partial charge is 0.283 e. The molecule has 1 unspecified atom stereocenters. The predicted octanol–water partition coefficient (Wildman–Crippen LogP) is 1.00. The molecule has 0 aromatic carbocycles. The van der Waals surface area contributed by atoms with Crippen LogP contribution in [-0.2, 0) is 28.8 Å². The first kappa shape index (κ1) is 22.1. The number of hydrogen-bond donors (Lipinski definition) is 0. The molecule has 3 aliphatic rings. The van der Waals surface area contributed by atoms with Gasteiger partial charge < -0.3 is 0 Å². The van der Waals surface area contributed by atoms with Crippen LogP contribution in [0, 0.1) is 5.92 Å². The normalized spacial score (nSPS) is 21.0. The number of hydrogen-bond acceptors (Lipinski definition) is 6. The average molecular weight is 419 g/mol. The zero-order valence-corrected chi connectivity index (χ0v) is 17.3. The lowest BCUT2D eigenvalue weighted by Gasteiger charge is -2.24.